The molecule has 162 valence electrons. The second-order valence-electron chi connectivity index (χ2n) is 8.89. The van der Waals surface area contributed by atoms with Crippen molar-refractivity contribution >= 4 is 17.8 Å². The van der Waals surface area contributed by atoms with Crippen molar-refractivity contribution in [1.29, 1.82) is 0 Å². The lowest BCUT2D eigenvalue weighted by Crippen LogP contribution is -2.50. The number of imide groups is 1. The Bertz CT molecular complexity index is 818. The molecule has 2 saturated heterocycles. The first-order valence-electron chi connectivity index (χ1n) is 11.1. The van der Waals surface area contributed by atoms with Gasteiger partial charge in [0.25, 0.3) is 5.91 Å². The number of piperidine rings is 1. The Labute approximate surface area is 177 Å². The van der Waals surface area contributed by atoms with Gasteiger partial charge in [-0.1, -0.05) is 37.5 Å². The molecule has 0 bridgehead atoms. The number of nitrogens with zero attached hydrogens (tertiary/aromatic N) is 2. The third-order valence-corrected chi connectivity index (χ3v) is 6.69. The maximum absolute atomic E-state index is 12.9. The number of hydrogen-bond donors (Lipinski definition) is 1. The molecule has 1 spiro atoms. The summed E-state index contributed by atoms with van der Waals surface area (Å²) >= 11 is 0. The molecule has 1 N–H and O–H groups in total. The summed E-state index contributed by atoms with van der Waals surface area (Å²) in [6.45, 7) is 3.66. The summed E-state index contributed by atoms with van der Waals surface area (Å²) in [5, 5.41) is 2.88. The van der Waals surface area contributed by atoms with Crippen molar-refractivity contribution in [3.05, 3.63) is 29.8 Å². The number of urea groups is 1. The maximum Gasteiger partial charge on any atom is 0.325 e. The number of carbonyl (C=O) groups excluding carboxylic acids is 3. The Morgan fingerprint density at radius 3 is 2.70 bits per heavy atom. The fraction of sp³-hybridized carbons (Fsp3) is 0.609. The fourth-order valence-corrected chi connectivity index (χ4v) is 4.90. The topological polar surface area (TPSA) is 79.0 Å². The predicted molar refractivity (Wildman–Crippen MR) is 112 cm³/mol. The van der Waals surface area contributed by atoms with Crippen LogP contribution in [-0.4, -0.2) is 59.4 Å². The van der Waals surface area contributed by atoms with E-state index in [4.69, 9.17) is 4.74 Å². The van der Waals surface area contributed by atoms with Gasteiger partial charge in [-0.2, -0.15) is 0 Å². The first-order chi connectivity index (χ1) is 14.5. The molecule has 3 aliphatic rings. The average molecular weight is 414 g/mol. The minimum atomic E-state index is -0.776. The zero-order valence-electron chi connectivity index (χ0n) is 17.7. The smallest absolute Gasteiger partial charge is 0.325 e. The lowest BCUT2D eigenvalue weighted by molar-refractivity contribution is -0.140. The number of carbonyl (C=O) groups is 3. The van der Waals surface area contributed by atoms with Gasteiger partial charge in [0.05, 0.1) is 6.61 Å². The Morgan fingerprint density at radius 2 is 1.93 bits per heavy atom. The third kappa shape index (κ3) is 4.16. The molecular formula is C23H31N3O4. The monoisotopic (exact) mass is 413 g/mol. The largest absolute Gasteiger partial charge is 0.493 e. The van der Waals surface area contributed by atoms with Crippen LogP contribution in [0.5, 0.6) is 5.75 Å². The van der Waals surface area contributed by atoms with Gasteiger partial charge in [-0.25, -0.2) is 4.79 Å². The zero-order valence-corrected chi connectivity index (χ0v) is 17.7. The molecule has 7 nitrogen and oxygen atoms in total. The first-order valence-corrected chi connectivity index (χ1v) is 11.1. The highest BCUT2D eigenvalue weighted by atomic mass is 16.5. The number of benzene rings is 1. The number of amides is 4. The van der Waals surface area contributed by atoms with E-state index in [-0.39, 0.29) is 24.3 Å². The van der Waals surface area contributed by atoms with E-state index in [0.717, 1.165) is 48.3 Å². The highest BCUT2D eigenvalue weighted by Crippen LogP contribution is 2.33. The fourth-order valence-electron chi connectivity index (χ4n) is 4.90. The Kier molecular flexibility index (Phi) is 5.97. The number of rotatable bonds is 5. The minimum Gasteiger partial charge on any atom is -0.493 e. The highest BCUT2D eigenvalue weighted by Gasteiger charge is 2.51. The van der Waals surface area contributed by atoms with Gasteiger partial charge in [-0.05, 0) is 44.2 Å². The standard InChI is InChI=1S/C23H31N3O4/c1-17-8-3-4-10-19(17)30-16-18-9-7-13-25(14-18)20(27)15-26-21(28)23(24-22(26)29)11-5-2-6-12-23/h3-4,8,10,18H,2,5-7,9,11-16H2,1H3,(H,24,29)/t18-/m1/s1. The number of hydrogen-bond acceptors (Lipinski definition) is 4. The maximum atomic E-state index is 12.9. The number of likely N-dealkylation sites (tertiary alicyclic amines) is 1. The lowest BCUT2D eigenvalue weighted by Gasteiger charge is -2.34. The molecule has 0 aromatic heterocycles. The molecule has 2 aliphatic heterocycles. The van der Waals surface area contributed by atoms with E-state index in [2.05, 4.69) is 5.32 Å². The van der Waals surface area contributed by atoms with Crippen LogP contribution in [0.25, 0.3) is 0 Å². The van der Waals surface area contributed by atoms with Crippen LogP contribution in [0.2, 0.25) is 0 Å². The predicted octanol–water partition coefficient (Wildman–Crippen LogP) is 2.87. The lowest BCUT2D eigenvalue weighted by atomic mass is 9.82. The summed E-state index contributed by atoms with van der Waals surface area (Å²) in [5.74, 6) is 0.733. The highest BCUT2D eigenvalue weighted by molar-refractivity contribution is 6.09. The molecule has 4 amide bonds. The number of nitrogens with one attached hydrogen (secondary N) is 1. The van der Waals surface area contributed by atoms with Crippen molar-refractivity contribution in [3.8, 4) is 5.75 Å². The van der Waals surface area contributed by atoms with Crippen LogP contribution in [0.4, 0.5) is 4.79 Å². The number of aryl methyl sites for hydroxylation is 1. The second kappa shape index (κ2) is 8.66. The molecule has 0 radical (unpaired) electrons. The molecule has 30 heavy (non-hydrogen) atoms. The van der Waals surface area contributed by atoms with Crippen LogP contribution in [-0.2, 0) is 9.59 Å². The Hall–Kier alpha value is -2.57. The van der Waals surface area contributed by atoms with Crippen LogP contribution in [0.1, 0.15) is 50.5 Å². The summed E-state index contributed by atoms with van der Waals surface area (Å²) in [6, 6.07) is 7.49. The molecule has 1 aromatic rings. The van der Waals surface area contributed by atoms with Gasteiger partial charge in [0, 0.05) is 19.0 Å². The normalized spacial score (nSPS) is 23.6. The summed E-state index contributed by atoms with van der Waals surface area (Å²) in [4.78, 5) is 41.2. The van der Waals surface area contributed by atoms with Gasteiger partial charge < -0.3 is 15.0 Å². The van der Waals surface area contributed by atoms with Crippen LogP contribution < -0.4 is 10.1 Å². The summed E-state index contributed by atoms with van der Waals surface area (Å²) in [6.07, 6.45) is 6.20. The van der Waals surface area contributed by atoms with E-state index < -0.39 is 11.6 Å². The summed E-state index contributed by atoms with van der Waals surface area (Å²) < 4.78 is 5.98. The molecule has 1 aromatic carbocycles. The molecular weight excluding hydrogens is 382 g/mol. The van der Waals surface area contributed by atoms with Crippen LogP contribution in [0.3, 0.4) is 0 Å². The van der Waals surface area contributed by atoms with Crippen molar-refractivity contribution in [1.82, 2.24) is 15.1 Å². The van der Waals surface area contributed by atoms with Gasteiger partial charge in [0.1, 0.15) is 17.8 Å². The van der Waals surface area contributed by atoms with Crippen molar-refractivity contribution in [2.24, 2.45) is 5.92 Å². The van der Waals surface area contributed by atoms with E-state index in [0.29, 0.717) is 32.5 Å². The van der Waals surface area contributed by atoms with E-state index in [1.807, 2.05) is 31.2 Å². The van der Waals surface area contributed by atoms with Crippen molar-refractivity contribution in [2.75, 3.05) is 26.2 Å². The summed E-state index contributed by atoms with van der Waals surface area (Å²) in [7, 11) is 0. The molecule has 7 heteroatoms. The van der Waals surface area contributed by atoms with Gasteiger partial charge in [0.15, 0.2) is 0 Å². The molecule has 3 fully saturated rings. The van der Waals surface area contributed by atoms with Gasteiger partial charge in [-0.3, -0.25) is 14.5 Å². The van der Waals surface area contributed by atoms with Crippen LogP contribution in [0, 0.1) is 12.8 Å². The molecule has 0 unspecified atom stereocenters. The van der Waals surface area contributed by atoms with Gasteiger partial charge in [-0.15, -0.1) is 0 Å². The van der Waals surface area contributed by atoms with E-state index in [9.17, 15) is 14.4 Å². The summed E-state index contributed by atoms with van der Waals surface area (Å²) in [5.41, 5.74) is 0.318. The van der Waals surface area contributed by atoms with E-state index in [1.165, 1.54) is 0 Å². The minimum absolute atomic E-state index is 0.160. The van der Waals surface area contributed by atoms with E-state index in [1.54, 1.807) is 4.90 Å². The zero-order chi connectivity index (χ0) is 21.1. The quantitative estimate of drug-likeness (QED) is 0.753. The van der Waals surface area contributed by atoms with Crippen molar-refractivity contribution in [2.45, 2.75) is 57.4 Å². The Morgan fingerprint density at radius 1 is 1.17 bits per heavy atom. The molecule has 1 saturated carbocycles. The molecule has 4 rings (SSSR count). The second-order valence-corrected chi connectivity index (χ2v) is 8.89. The number of ether oxygens (including phenoxy) is 1. The van der Waals surface area contributed by atoms with Crippen molar-refractivity contribution in [3.63, 3.8) is 0 Å². The van der Waals surface area contributed by atoms with E-state index >= 15 is 0 Å². The van der Waals surface area contributed by atoms with Crippen LogP contribution >= 0.6 is 0 Å². The van der Waals surface area contributed by atoms with Crippen LogP contribution in [0.15, 0.2) is 24.3 Å². The molecule has 1 atom stereocenters. The van der Waals surface area contributed by atoms with Gasteiger partial charge >= 0.3 is 6.03 Å². The first kappa shape index (κ1) is 20.7. The number of para-hydroxylation sites is 1. The average Bonchev–Trinajstić information content (AvgIpc) is 2.97. The molecule has 1 aliphatic carbocycles. The molecule has 2 heterocycles. The van der Waals surface area contributed by atoms with Crippen molar-refractivity contribution < 1.29 is 19.1 Å². The third-order valence-electron chi connectivity index (χ3n) is 6.69. The van der Waals surface area contributed by atoms with Gasteiger partial charge in [0.2, 0.25) is 5.91 Å². The SMILES string of the molecule is Cc1ccccc1OC[C@@H]1CCCN(C(=O)CN2C(=O)NC3(CCCCC3)C2=O)C1. The Balaban J connectivity index is 1.32.